The fourth-order valence-corrected chi connectivity index (χ4v) is 4.87. The lowest BCUT2D eigenvalue weighted by molar-refractivity contribution is 0.0933. The van der Waals surface area contributed by atoms with Crippen LogP contribution in [0.1, 0.15) is 29.8 Å². The molecule has 0 spiro atoms. The highest BCUT2D eigenvalue weighted by Gasteiger charge is 2.31. The van der Waals surface area contributed by atoms with E-state index in [-0.39, 0.29) is 17.2 Å². The first-order valence-corrected chi connectivity index (χ1v) is 10.4. The monoisotopic (exact) mass is 402 g/mol. The SMILES string of the molecule is N#CS[C@H]1CCC[C@@H]1NC(=O)c1c(-c2ccc3ccccc3c2)nc2occn12. The maximum absolute atomic E-state index is 13.3. The molecule has 1 N–H and O–H groups in total. The normalized spacial score (nSPS) is 18.9. The number of carbonyl (C=O) groups excluding carboxylic acids is 1. The Kier molecular flexibility index (Phi) is 4.49. The molecule has 2 aromatic carbocycles. The topological polar surface area (TPSA) is 83.3 Å². The van der Waals surface area contributed by atoms with Gasteiger partial charge in [0.1, 0.15) is 23.1 Å². The molecule has 1 aliphatic rings. The van der Waals surface area contributed by atoms with E-state index < -0.39 is 0 Å². The van der Waals surface area contributed by atoms with Gasteiger partial charge in [0.25, 0.3) is 5.91 Å². The molecule has 1 amide bonds. The van der Waals surface area contributed by atoms with Crippen LogP contribution in [0.4, 0.5) is 0 Å². The molecule has 7 heteroatoms. The van der Waals surface area contributed by atoms with Crippen LogP contribution >= 0.6 is 11.8 Å². The number of thiocyanates is 1. The van der Waals surface area contributed by atoms with Crippen molar-refractivity contribution in [1.29, 1.82) is 5.26 Å². The largest absolute Gasteiger partial charge is 0.432 e. The second-order valence-corrected chi connectivity index (χ2v) is 8.21. The maximum Gasteiger partial charge on any atom is 0.306 e. The number of fused-ring (bicyclic) bond motifs is 2. The van der Waals surface area contributed by atoms with Crippen molar-refractivity contribution in [1.82, 2.24) is 14.7 Å². The Morgan fingerprint density at radius 3 is 2.97 bits per heavy atom. The van der Waals surface area contributed by atoms with E-state index in [1.54, 1.807) is 10.6 Å². The van der Waals surface area contributed by atoms with Crippen molar-refractivity contribution in [3.8, 4) is 16.7 Å². The molecule has 2 heterocycles. The molecule has 144 valence electrons. The summed E-state index contributed by atoms with van der Waals surface area (Å²) in [5.41, 5.74) is 1.91. The minimum absolute atomic E-state index is 0.0194. The highest BCUT2D eigenvalue weighted by Crippen LogP contribution is 2.31. The van der Waals surface area contributed by atoms with E-state index in [0.717, 1.165) is 35.6 Å². The predicted octanol–water partition coefficient (Wildman–Crippen LogP) is 4.61. The Labute approximate surface area is 171 Å². The molecule has 1 aliphatic carbocycles. The Morgan fingerprint density at radius 1 is 1.24 bits per heavy atom. The van der Waals surface area contributed by atoms with Crippen LogP contribution in [0.25, 0.3) is 27.9 Å². The first kappa shape index (κ1) is 17.8. The summed E-state index contributed by atoms with van der Waals surface area (Å²) in [5, 5.41) is 16.7. The molecule has 4 aromatic rings. The number of imidazole rings is 1. The summed E-state index contributed by atoms with van der Waals surface area (Å²) in [5.74, 6) is 0.185. The van der Waals surface area contributed by atoms with Crippen LogP contribution in [-0.4, -0.2) is 26.6 Å². The molecule has 0 saturated heterocycles. The number of nitrogens with zero attached hydrogens (tertiary/aromatic N) is 3. The van der Waals surface area contributed by atoms with Gasteiger partial charge in [0.2, 0.25) is 0 Å². The van der Waals surface area contributed by atoms with Gasteiger partial charge in [-0.2, -0.15) is 10.2 Å². The summed E-state index contributed by atoms with van der Waals surface area (Å²) < 4.78 is 7.13. The fraction of sp³-hybridized carbons (Fsp3) is 0.227. The van der Waals surface area contributed by atoms with Gasteiger partial charge in [-0.1, -0.05) is 42.8 Å². The maximum atomic E-state index is 13.3. The summed E-state index contributed by atoms with van der Waals surface area (Å²) in [6.45, 7) is 0. The Bertz CT molecular complexity index is 1250. The first-order chi connectivity index (χ1) is 14.2. The average molecular weight is 402 g/mol. The van der Waals surface area contributed by atoms with Crippen molar-refractivity contribution in [3.05, 3.63) is 60.6 Å². The fourth-order valence-electron chi connectivity index (χ4n) is 4.08. The smallest absolute Gasteiger partial charge is 0.306 e. The van der Waals surface area contributed by atoms with Crippen LogP contribution in [0.3, 0.4) is 0 Å². The van der Waals surface area contributed by atoms with Crippen molar-refractivity contribution in [2.24, 2.45) is 0 Å². The molecular weight excluding hydrogens is 384 g/mol. The van der Waals surface area contributed by atoms with Crippen LogP contribution in [0.5, 0.6) is 0 Å². The minimum atomic E-state index is -0.197. The van der Waals surface area contributed by atoms with E-state index >= 15 is 0 Å². The van der Waals surface area contributed by atoms with Gasteiger partial charge in [-0.25, -0.2) is 0 Å². The molecule has 1 fully saturated rings. The third-order valence-corrected chi connectivity index (χ3v) is 6.45. The summed E-state index contributed by atoms with van der Waals surface area (Å²) in [4.78, 5) is 17.9. The highest BCUT2D eigenvalue weighted by molar-refractivity contribution is 8.04. The lowest BCUT2D eigenvalue weighted by atomic mass is 10.0. The van der Waals surface area contributed by atoms with Crippen LogP contribution in [0.2, 0.25) is 0 Å². The number of thioether (sulfide) groups is 1. The van der Waals surface area contributed by atoms with Crippen LogP contribution < -0.4 is 5.32 Å². The number of rotatable bonds is 4. The number of nitrogens with one attached hydrogen (secondary N) is 1. The van der Waals surface area contributed by atoms with E-state index in [1.165, 1.54) is 18.0 Å². The van der Waals surface area contributed by atoms with Gasteiger partial charge in [-0.3, -0.25) is 9.20 Å². The number of benzene rings is 2. The lowest BCUT2D eigenvalue weighted by Crippen LogP contribution is -2.39. The van der Waals surface area contributed by atoms with Gasteiger partial charge in [0.15, 0.2) is 0 Å². The van der Waals surface area contributed by atoms with Gasteiger partial charge in [-0.15, -0.1) is 0 Å². The third kappa shape index (κ3) is 3.15. The Morgan fingerprint density at radius 2 is 2.10 bits per heavy atom. The van der Waals surface area contributed by atoms with Crippen molar-refractivity contribution in [2.45, 2.75) is 30.6 Å². The van der Waals surface area contributed by atoms with Gasteiger partial charge in [0, 0.05) is 23.1 Å². The number of amides is 1. The quantitative estimate of drug-likeness (QED) is 0.504. The number of oxazole rings is 1. The standard InChI is InChI=1S/C22H18N4O2S/c23-13-29-18-7-3-6-17(18)24-21(27)20-19(25-22-26(20)10-11-28-22)16-9-8-14-4-1-2-5-15(14)12-16/h1-2,4-5,8-12,17-18H,3,6-7H2,(H,24,27)/t17-,18-/m0/s1. The first-order valence-electron chi connectivity index (χ1n) is 9.55. The van der Waals surface area contributed by atoms with Gasteiger partial charge < -0.3 is 9.73 Å². The van der Waals surface area contributed by atoms with Crippen molar-refractivity contribution < 1.29 is 9.21 Å². The number of aromatic nitrogens is 2. The van der Waals surface area contributed by atoms with Crippen LogP contribution in [0.15, 0.2) is 59.3 Å². The summed E-state index contributed by atoms with van der Waals surface area (Å²) >= 11 is 1.24. The Hall–Kier alpha value is -3.24. The molecule has 2 atom stereocenters. The van der Waals surface area contributed by atoms with E-state index in [0.29, 0.717) is 17.2 Å². The highest BCUT2D eigenvalue weighted by atomic mass is 32.2. The molecular formula is C22H18N4O2S. The second kappa shape index (κ2) is 7.30. The molecule has 0 bridgehead atoms. The third-order valence-electron chi connectivity index (χ3n) is 5.47. The molecule has 0 radical (unpaired) electrons. The molecule has 6 nitrogen and oxygen atoms in total. The Balaban J connectivity index is 1.55. The molecule has 2 aromatic heterocycles. The molecule has 5 rings (SSSR count). The summed E-state index contributed by atoms with van der Waals surface area (Å²) in [6, 6.07) is 14.1. The van der Waals surface area contributed by atoms with Crippen molar-refractivity contribution in [2.75, 3.05) is 0 Å². The zero-order valence-corrected chi connectivity index (χ0v) is 16.4. The van der Waals surface area contributed by atoms with E-state index in [4.69, 9.17) is 9.68 Å². The number of hydrogen-bond donors (Lipinski definition) is 1. The van der Waals surface area contributed by atoms with Gasteiger partial charge in [0.05, 0.1) is 0 Å². The number of hydrogen-bond acceptors (Lipinski definition) is 5. The minimum Gasteiger partial charge on any atom is -0.432 e. The number of carbonyl (C=O) groups is 1. The number of nitriles is 1. The van der Waals surface area contributed by atoms with E-state index in [1.807, 2.05) is 36.4 Å². The summed E-state index contributed by atoms with van der Waals surface area (Å²) in [6.07, 6.45) is 6.05. The molecule has 29 heavy (non-hydrogen) atoms. The average Bonchev–Trinajstić information content (AvgIpc) is 3.44. The zero-order valence-electron chi connectivity index (χ0n) is 15.5. The summed E-state index contributed by atoms with van der Waals surface area (Å²) in [7, 11) is 0. The van der Waals surface area contributed by atoms with E-state index in [9.17, 15) is 4.79 Å². The van der Waals surface area contributed by atoms with Crippen LogP contribution in [-0.2, 0) is 0 Å². The van der Waals surface area contributed by atoms with E-state index in [2.05, 4.69) is 21.8 Å². The van der Waals surface area contributed by atoms with Crippen LogP contribution in [0, 0.1) is 10.7 Å². The van der Waals surface area contributed by atoms with Gasteiger partial charge >= 0.3 is 5.84 Å². The molecule has 0 unspecified atom stereocenters. The lowest BCUT2D eigenvalue weighted by Gasteiger charge is -2.18. The molecule has 0 aliphatic heterocycles. The van der Waals surface area contributed by atoms with Crippen molar-refractivity contribution in [3.63, 3.8) is 0 Å². The molecule has 1 saturated carbocycles. The zero-order chi connectivity index (χ0) is 19.8. The predicted molar refractivity (Wildman–Crippen MR) is 112 cm³/mol. The van der Waals surface area contributed by atoms with Gasteiger partial charge in [-0.05, 0) is 41.4 Å². The van der Waals surface area contributed by atoms with Crippen molar-refractivity contribution >= 4 is 34.3 Å². The second-order valence-electron chi connectivity index (χ2n) is 7.18.